The van der Waals surface area contributed by atoms with Gasteiger partial charge in [-0.05, 0) is 0 Å². The normalized spacial score (nSPS) is 5.25. The van der Waals surface area contributed by atoms with Crippen molar-refractivity contribution in [3.8, 4) is 6.42 Å². The standard InChI is InChI=1S/C2H.FH.W.H/c1-2;;;/h1H;1H;;/q-1;;+1;/p-1/i;;;1+1. The predicted molar refractivity (Wildman–Crippen MR) is 10.7 cm³/mol. The van der Waals surface area contributed by atoms with Crippen LogP contribution < -0.4 is 0 Å². The van der Waals surface area contributed by atoms with Crippen molar-refractivity contribution < 1.29 is 23.3 Å². The second-order valence-corrected chi connectivity index (χ2v) is 0. The Morgan fingerprint density at radius 3 is 2.25 bits per heavy atom. The van der Waals surface area contributed by atoms with Gasteiger partial charge in [-0.1, -0.05) is 0 Å². The predicted octanol–water partition coefficient (Wildman–Crippen LogP) is 0.356. The summed E-state index contributed by atoms with van der Waals surface area (Å²) in [7, 11) is 0. The second-order valence-electron chi connectivity index (χ2n) is 0. The fourth-order valence-electron chi connectivity index (χ4n) is 0. The maximum Gasteiger partial charge on any atom is -0.377 e. The zero-order valence-corrected chi connectivity index (χ0v) is 4.80. The van der Waals surface area contributed by atoms with E-state index in [9.17, 15) is 3.16 Å². The maximum absolute atomic E-state index is 10.1. The van der Waals surface area contributed by atoms with Gasteiger partial charge in [-0.25, -0.2) is 0 Å². The summed E-state index contributed by atoms with van der Waals surface area (Å²) in [6.45, 7) is 0. The van der Waals surface area contributed by atoms with Crippen LogP contribution in [0.4, 0.5) is 3.16 Å². The van der Waals surface area contributed by atoms with E-state index in [1.165, 1.54) is 0 Å². The minimum atomic E-state index is -2.00. The van der Waals surface area contributed by atoms with Crippen LogP contribution in [-0.4, -0.2) is 0.749 Å². The molecule has 0 unspecified atom stereocenters. The third-order valence-corrected chi connectivity index (χ3v) is 0. The largest absolute Gasteiger partial charge is 0.697 e. The molecule has 0 fully saturated rings. The molecule has 0 spiro atoms. The summed E-state index contributed by atoms with van der Waals surface area (Å²) >= 11 is -2.00. The van der Waals surface area contributed by atoms with Crippen molar-refractivity contribution in [2.75, 3.05) is 0 Å². The number of halogens is 1. The van der Waals surface area contributed by atoms with Crippen LogP contribution in [0, 0.1) is 12.8 Å². The first-order chi connectivity index (χ1) is 2.41. The Labute approximate surface area is 37.6 Å². The van der Waals surface area contributed by atoms with Crippen LogP contribution >= 0.6 is 0 Å². The van der Waals surface area contributed by atoms with Gasteiger partial charge in [-0.3, -0.25) is 0 Å². The fourth-order valence-corrected chi connectivity index (χ4v) is 0. The number of hydrogen-bond donors (Lipinski definition) is 0. The van der Waals surface area contributed by atoms with Crippen molar-refractivity contribution in [1.29, 1.82) is 0.749 Å². The Kier molecular flexibility index (Phi) is 495. The van der Waals surface area contributed by atoms with Gasteiger partial charge in [-0.2, -0.15) is 0 Å². The molecule has 0 N–H and O–H groups in total. The van der Waals surface area contributed by atoms with E-state index in [2.05, 4.69) is 6.42 Å². The Bertz CT molecular complexity index is 20.9. The first-order valence-electron chi connectivity index (χ1n) is 0.851. The van der Waals surface area contributed by atoms with Crippen molar-refractivity contribution in [3.63, 3.8) is 0 Å². The minimum Gasteiger partial charge on any atom is -0.697 e. The Morgan fingerprint density at radius 1 is 2.25 bits per heavy atom. The molecule has 0 radical (unpaired) electrons. The first-order valence-corrected chi connectivity index (χ1v) is 1.55. The topological polar surface area (TPSA) is 0 Å². The second kappa shape index (κ2) is 474. The zero-order valence-electron chi connectivity index (χ0n) is 2.86. The molecule has 0 nitrogen and oxygen atoms in total. The van der Waals surface area contributed by atoms with Crippen molar-refractivity contribution in [2.45, 2.75) is 0 Å². The molecule has 0 aliphatic rings. The molecule has 0 aromatic carbocycles. The quantitative estimate of drug-likeness (QED) is 0.416. The van der Waals surface area contributed by atoms with E-state index in [0.29, 0.717) is 0 Å². The molecule has 0 aliphatic carbocycles. The smallest absolute Gasteiger partial charge is 0.377 e. The van der Waals surface area contributed by atoms with Gasteiger partial charge < -0.3 is 12.8 Å². The summed E-state index contributed by atoms with van der Waals surface area (Å²) in [5.74, 6) is 0. The Hall–Kier alpha value is 0.178. The third kappa shape index (κ3) is 95.1. The van der Waals surface area contributed by atoms with Crippen LogP contribution in [0.5, 0.6) is 0 Å². The van der Waals surface area contributed by atoms with Crippen LogP contribution in [0.1, 0.15) is 0 Å². The molecular formula is C2H2FW-. The van der Waals surface area contributed by atoms with Gasteiger partial charge in [0.25, 0.3) is 0 Å². The third-order valence-electron chi connectivity index (χ3n) is 0. The van der Waals surface area contributed by atoms with Crippen LogP contribution in [0.15, 0.2) is 0 Å². The van der Waals surface area contributed by atoms with E-state index >= 15 is 0 Å². The van der Waals surface area contributed by atoms with E-state index in [0.717, 1.165) is 0 Å². The monoisotopic (exact) mass is 230 g/mol. The van der Waals surface area contributed by atoms with Crippen LogP contribution in [-0.2, 0) is 20.2 Å². The van der Waals surface area contributed by atoms with Crippen LogP contribution in [0.3, 0.4) is 0 Å². The van der Waals surface area contributed by atoms with Gasteiger partial charge in [-0.15, -0.1) is 0 Å². The van der Waals surface area contributed by atoms with E-state index in [1.807, 2.05) is 0 Å². The molecule has 0 bridgehead atoms. The van der Waals surface area contributed by atoms with Crippen molar-refractivity contribution >= 4 is 0 Å². The van der Waals surface area contributed by atoms with E-state index in [1.54, 1.807) is 0 Å². The van der Waals surface area contributed by atoms with E-state index in [-0.39, 0.29) is 0 Å². The zero-order chi connectivity index (χ0) is 4.71. The average Bonchev–Trinajstić information content (AvgIpc) is 1.46. The molecule has 0 saturated heterocycles. The Balaban J connectivity index is 0. The molecule has 24 valence electrons. The molecular weight excluding hydrogens is 227 g/mol. The molecule has 0 saturated carbocycles. The summed E-state index contributed by atoms with van der Waals surface area (Å²) in [6, 6.07) is 0. The summed E-state index contributed by atoms with van der Waals surface area (Å²) in [6.07, 6.45) is 9.00. The summed E-state index contributed by atoms with van der Waals surface area (Å²) in [4.78, 5) is 0. The molecule has 4 heavy (non-hydrogen) atoms. The van der Waals surface area contributed by atoms with E-state index < -0.39 is 20.2 Å². The minimum absolute atomic E-state index is 2.00. The Morgan fingerprint density at radius 2 is 2.25 bits per heavy atom. The first kappa shape index (κ1) is 4.18. The van der Waals surface area contributed by atoms with Crippen molar-refractivity contribution in [2.24, 2.45) is 0 Å². The molecule has 0 aromatic heterocycles. The van der Waals surface area contributed by atoms with Gasteiger partial charge in [0, 0.05) is 0 Å². The maximum atomic E-state index is 10.1. The van der Waals surface area contributed by atoms with Gasteiger partial charge in [0.2, 0.25) is 0 Å². The number of hydrogen-bond acceptors (Lipinski definition) is 0. The molecule has 0 amide bonds. The van der Waals surface area contributed by atoms with Crippen LogP contribution in [0.25, 0.3) is 0 Å². The van der Waals surface area contributed by atoms with Gasteiger partial charge in [0.15, 0.2) is 0 Å². The van der Waals surface area contributed by atoms with E-state index in [4.69, 9.17) is 7.17 Å². The molecule has 2 heteroatoms. The summed E-state index contributed by atoms with van der Waals surface area (Å²) < 4.78 is 15.8. The molecule has 0 rings (SSSR count). The van der Waals surface area contributed by atoms with Crippen molar-refractivity contribution in [1.82, 2.24) is 0 Å². The SMILES string of the molecule is [2H][W][F].[C-]#C. The molecule has 0 aliphatic heterocycles. The fraction of sp³-hybridized carbons (Fsp3) is 0. The average molecular weight is 230 g/mol. The van der Waals surface area contributed by atoms with Crippen LogP contribution in [0.2, 0.25) is 0 Å². The number of terminal acetylenes is 1. The van der Waals surface area contributed by atoms with Crippen molar-refractivity contribution in [3.05, 3.63) is 6.42 Å². The van der Waals surface area contributed by atoms with Gasteiger partial charge in [0.05, 0.1) is 0 Å². The molecule has 0 aromatic rings. The van der Waals surface area contributed by atoms with Gasteiger partial charge >= 0.3 is 24.1 Å². The molecule has 0 atom stereocenters. The van der Waals surface area contributed by atoms with Gasteiger partial charge in [0.1, 0.15) is 0 Å². The molecule has 0 heterocycles. The summed E-state index contributed by atoms with van der Waals surface area (Å²) in [5, 5.41) is 0. The number of rotatable bonds is 0. The summed E-state index contributed by atoms with van der Waals surface area (Å²) in [5.41, 5.74) is 0.